The van der Waals surface area contributed by atoms with Crippen LogP contribution < -0.4 is 10.1 Å². The number of hydrogen-bond acceptors (Lipinski definition) is 5. The summed E-state index contributed by atoms with van der Waals surface area (Å²) in [6, 6.07) is 1.82. The second kappa shape index (κ2) is 7.00. The van der Waals surface area contributed by atoms with Crippen molar-refractivity contribution in [3.05, 3.63) is 12.4 Å². The van der Waals surface area contributed by atoms with Gasteiger partial charge in [-0.25, -0.2) is 9.97 Å². The van der Waals surface area contributed by atoms with Gasteiger partial charge in [0.25, 0.3) is 0 Å². The van der Waals surface area contributed by atoms with E-state index in [4.69, 9.17) is 4.74 Å². The van der Waals surface area contributed by atoms with Crippen LogP contribution in [0.25, 0.3) is 0 Å². The highest BCUT2D eigenvalue weighted by Crippen LogP contribution is 2.10. The molecule has 1 aromatic heterocycles. The molecule has 0 amide bonds. The van der Waals surface area contributed by atoms with Crippen molar-refractivity contribution in [2.24, 2.45) is 0 Å². The maximum absolute atomic E-state index is 5.42. The lowest BCUT2D eigenvalue weighted by molar-refractivity contribution is 0.305. The van der Waals surface area contributed by atoms with Crippen LogP contribution in [0.2, 0.25) is 0 Å². The first-order valence-corrected chi connectivity index (χ1v) is 5.56. The number of likely N-dealkylation sites (N-methyl/N-ethyl adjacent to an activating group) is 1. The first-order chi connectivity index (χ1) is 7.72. The summed E-state index contributed by atoms with van der Waals surface area (Å²) in [5, 5.41) is 3.22. The third-order valence-electron chi connectivity index (χ3n) is 1.96. The third kappa shape index (κ3) is 4.93. The quantitative estimate of drug-likeness (QED) is 0.755. The second-order valence-corrected chi connectivity index (χ2v) is 3.82. The summed E-state index contributed by atoms with van der Waals surface area (Å²) >= 11 is 0. The van der Waals surface area contributed by atoms with Crippen molar-refractivity contribution in [3.63, 3.8) is 0 Å². The van der Waals surface area contributed by atoms with E-state index in [0.29, 0.717) is 12.5 Å². The molecule has 0 saturated heterocycles. The number of ether oxygens (including phenoxy) is 1. The molecule has 0 aliphatic rings. The summed E-state index contributed by atoms with van der Waals surface area (Å²) in [4.78, 5) is 10.3. The molecule has 1 heterocycles. The fourth-order valence-corrected chi connectivity index (χ4v) is 1.13. The van der Waals surface area contributed by atoms with Gasteiger partial charge in [-0.05, 0) is 20.5 Å². The number of nitrogens with zero attached hydrogens (tertiary/aromatic N) is 3. The van der Waals surface area contributed by atoms with Crippen molar-refractivity contribution >= 4 is 5.82 Å². The zero-order valence-electron chi connectivity index (χ0n) is 10.2. The van der Waals surface area contributed by atoms with Gasteiger partial charge in [0.2, 0.25) is 5.88 Å². The summed E-state index contributed by atoms with van der Waals surface area (Å²) in [6.07, 6.45) is 2.50. The van der Waals surface area contributed by atoms with E-state index in [0.717, 1.165) is 25.3 Å². The maximum Gasteiger partial charge on any atom is 0.218 e. The van der Waals surface area contributed by atoms with Gasteiger partial charge in [0, 0.05) is 19.2 Å². The molecule has 0 unspecified atom stereocenters. The average Bonchev–Trinajstić information content (AvgIpc) is 2.26. The van der Waals surface area contributed by atoms with Crippen LogP contribution >= 0.6 is 0 Å². The molecule has 90 valence electrons. The molecule has 0 spiro atoms. The summed E-state index contributed by atoms with van der Waals surface area (Å²) in [5.41, 5.74) is 0. The Kier molecular flexibility index (Phi) is 5.56. The highest BCUT2D eigenvalue weighted by molar-refractivity contribution is 5.36. The molecule has 16 heavy (non-hydrogen) atoms. The summed E-state index contributed by atoms with van der Waals surface area (Å²) in [5.74, 6) is 1.44. The van der Waals surface area contributed by atoms with Crippen molar-refractivity contribution in [2.75, 3.05) is 39.1 Å². The average molecular weight is 224 g/mol. The number of hydrogen-bond donors (Lipinski definition) is 1. The van der Waals surface area contributed by atoms with E-state index in [2.05, 4.69) is 27.1 Å². The van der Waals surface area contributed by atoms with Crippen molar-refractivity contribution < 1.29 is 4.74 Å². The molecule has 0 aliphatic heterocycles. The number of nitrogens with one attached hydrogen (secondary N) is 1. The first kappa shape index (κ1) is 12.7. The van der Waals surface area contributed by atoms with E-state index in [9.17, 15) is 0 Å². The molecule has 5 nitrogen and oxygen atoms in total. The van der Waals surface area contributed by atoms with Gasteiger partial charge in [0.1, 0.15) is 12.1 Å². The lowest BCUT2D eigenvalue weighted by atomic mass is 10.5. The Balaban J connectivity index is 2.40. The second-order valence-electron chi connectivity index (χ2n) is 3.82. The lowest BCUT2D eigenvalue weighted by Crippen LogP contribution is -2.21. The monoisotopic (exact) mass is 224 g/mol. The van der Waals surface area contributed by atoms with Crippen LogP contribution in [0.1, 0.15) is 13.3 Å². The van der Waals surface area contributed by atoms with Crippen LogP contribution in [0, 0.1) is 0 Å². The van der Waals surface area contributed by atoms with Gasteiger partial charge in [-0.15, -0.1) is 0 Å². The lowest BCUT2D eigenvalue weighted by Gasteiger charge is -2.11. The van der Waals surface area contributed by atoms with E-state index in [1.54, 1.807) is 0 Å². The Bertz CT molecular complexity index is 304. The largest absolute Gasteiger partial charge is 0.478 e. The SMILES string of the molecule is CCCOc1cc(NCCN(C)C)ncn1. The van der Waals surface area contributed by atoms with Crippen LogP contribution in [-0.4, -0.2) is 48.7 Å². The molecule has 0 radical (unpaired) electrons. The molecule has 1 aromatic rings. The third-order valence-corrected chi connectivity index (χ3v) is 1.96. The van der Waals surface area contributed by atoms with Crippen LogP contribution in [0.3, 0.4) is 0 Å². The van der Waals surface area contributed by atoms with Crippen molar-refractivity contribution in [1.29, 1.82) is 0 Å². The number of anilines is 1. The predicted molar refractivity (Wildman–Crippen MR) is 64.9 cm³/mol. The van der Waals surface area contributed by atoms with E-state index < -0.39 is 0 Å². The molecular formula is C11H20N4O. The van der Waals surface area contributed by atoms with E-state index in [1.807, 2.05) is 20.2 Å². The van der Waals surface area contributed by atoms with Gasteiger partial charge >= 0.3 is 0 Å². The molecule has 0 fully saturated rings. The number of rotatable bonds is 7. The van der Waals surface area contributed by atoms with Crippen LogP contribution in [0.4, 0.5) is 5.82 Å². The standard InChI is InChI=1S/C11H20N4O/c1-4-7-16-11-8-10(13-9-14-11)12-5-6-15(2)3/h8-9H,4-7H2,1-3H3,(H,12,13,14). The Morgan fingerprint density at radius 1 is 1.38 bits per heavy atom. The first-order valence-electron chi connectivity index (χ1n) is 5.56. The normalized spacial score (nSPS) is 10.5. The minimum atomic E-state index is 0.629. The Morgan fingerprint density at radius 2 is 2.19 bits per heavy atom. The molecule has 0 aromatic carbocycles. The fourth-order valence-electron chi connectivity index (χ4n) is 1.13. The van der Waals surface area contributed by atoms with Crippen molar-refractivity contribution in [1.82, 2.24) is 14.9 Å². The molecule has 0 saturated carbocycles. The Morgan fingerprint density at radius 3 is 2.88 bits per heavy atom. The fraction of sp³-hybridized carbons (Fsp3) is 0.636. The zero-order valence-corrected chi connectivity index (χ0v) is 10.2. The predicted octanol–water partition coefficient (Wildman–Crippen LogP) is 1.24. The van der Waals surface area contributed by atoms with Gasteiger partial charge in [-0.1, -0.05) is 6.92 Å². The van der Waals surface area contributed by atoms with Crippen molar-refractivity contribution in [3.8, 4) is 5.88 Å². The molecule has 1 rings (SSSR count). The van der Waals surface area contributed by atoms with Gasteiger partial charge in [0.15, 0.2) is 0 Å². The van der Waals surface area contributed by atoms with E-state index in [-0.39, 0.29) is 0 Å². The Hall–Kier alpha value is -1.36. The zero-order chi connectivity index (χ0) is 11.8. The molecule has 1 N–H and O–H groups in total. The highest BCUT2D eigenvalue weighted by Gasteiger charge is 1.99. The van der Waals surface area contributed by atoms with Crippen LogP contribution in [-0.2, 0) is 0 Å². The van der Waals surface area contributed by atoms with Gasteiger partial charge in [-0.3, -0.25) is 0 Å². The van der Waals surface area contributed by atoms with Crippen molar-refractivity contribution in [2.45, 2.75) is 13.3 Å². The molecule has 5 heteroatoms. The molecular weight excluding hydrogens is 204 g/mol. The smallest absolute Gasteiger partial charge is 0.218 e. The molecule has 0 bridgehead atoms. The topological polar surface area (TPSA) is 50.3 Å². The summed E-state index contributed by atoms with van der Waals surface area (Å²) in [6.45, 7) is 4.58. The van der Waals surface area contributed by atoms with Crippen LogP contribution in [0.15, 0.2) is 12.4 Å². The van der Waals surface area contributed by atoms with Gasteiger partial charge in [0.05, 0.1) is 6.61 Å². The van der Waals surface area contributed by atoms with E-state index in [1.165, 1.54) is 6.33 Å². The minimum absolute atomic E-state index is 0.629. The van der Waals surface area contributed by atoms with Crippen LogP contribution in [0.5, 0.6) is 5.88 Å². The maximum atomic E-state index is 5.42. The minimum Gasteiger partial charge on any atom is -0.478 e. The van der Waals surface area contributed by atoms with Gasteiger partial charge in [-0.2, -0.15) is 0 Å². The molecule has 0 aliphatic carbocycles. The van der Waals surface area contributed by atoms with E-state index >= 15 is 0 Å². The number of aromatic nitrogens is 2. The van der Waals surface area contributed by atoms with Gasteiger partial charge < -0.3 is 15.0 Å². The molecule has 0 atom stereocenters. The summed E-state index contributed by atoms with van der Waals surface area (Å²) < 4.78 is 5.42. The Labute approximate surface area is 96.8 Å². The summed E-state index contributed by atoms with van der Waals surface area (Å²) in [7, 11) is 4.08. The highest BCUT2D eigenvalue weighted by atomic mass is 16.5.